The largest absolute Gasteiger partial charge is 0.317 e. The molecule has 0 bridgehead atoms. The highest BCUT2D eigenvalue weighted by Gasteiger charge is 2.16. The lowest BCUT2D eigenvalue weighted by Crippen LogP contribution is -2.28. The lowest BCUT2D eigenvalue weighted by molar-refractivity contribution is 0.369. The topological polar surface area (TPSA) is 40.7 Å². The van der Waals surface area contributed by atoms with Gasteiger partial charge < -0.3 is 5.32 Å². The zero-order valence-electron chi connectivity index (χ0n) is 11.2. The number of hydrogen-bond donors (Lipinski definition) is 2. The third-order valence-corrected chi connectivity index (χ3v) is 4.00. The van der Waals surface area contributed by atoms with Gasteiger partial charge in [-0.25, -0.2) is 0 Å². The van der Waals surface area contributed by atoms with Crippen LogP contribution in [0.5, 0.6) is 0 Å². The molecule has 3 rings (SSSR count). The van der Waals surface area contributed by atoms with Crippen LogP contribution < -0.4 is 5.32 Å². The number of benzene rings is 1. The van der Waals surface area contributed by atoms with Crippen molar-refractivity contribution in [3.63, 3.8) is 0 Å². The average molecular weight is 255 g/mol. The van der Waals surface area contributed by atoms with Gasteiger partial charge in [-0.1, -0.05) is 30.3 Å². The Hall–Kier alpha value is -1.61. The van der Waals surface area contributed by atoms with Crippen LogP contribution in [0.3, 0.4) is 0 Å². The van der Waals surface area contributed by atoms with Gasteiger partial charge in [0, 0.05) is 12.1 Å². The molecule has 2 heterocycles. The Morgan fingerprint density at radius 2 is 1.89 bits per heavy atom. The third-order valence-electron chi connectivity index (χ3n) is 4.00. The number of rotatable bonds is 4. The maximum Gasteiger partial charge on any atom is 0.0525 e. The number of nitrogens with one attached hydrogen (secondary N) is 2. The molecule has 3 heteroatoms. The number of aromatic nitrogens is 2. The van der Waals surface area contributed by atoms with Crippen molar-refractivity contribution >= 4 is 0 Å². The SMILES string of the molecule is c1ccc(Cc2cn[nH]c2CC2CCNCC2)cc1. The second kappa shape index (κ2) is 6.02. The van der Waals surface area contributed by atoms with Crippen LogP contribution in [-0.2, 0) is 12.8 Å². The Morgan fingerprint density at radius 3 is 2.68 bits per heavy atom. The van der Waals surface area contributed by atoms with E-state index in [4.69, 9.17) is 0 Å². The maximum absolute atomic E-state index is 4.24. The summed E-state index contributed by atoms with van der Waals surface area (Å²) in [5.74, 6) is 0.802. The molecule has 1 saturated heterocycles. The molecule has 1 aliphatic rings. The normalized spacial score (nSPS) is 16.6. The predicted octanol–water partition coefficient (Wildman–Crippen LogP) is 2.54. The van der Waals surface area contributed by atoms with E-state index in [0.29, 0.717) is 0 Å². The second-order valence-corrected chi connectivity index (χ2v) is 5.43. The summed E-state index contributed by atoms with van der Waals surface area (Å²) in [5, 5.41) is 10.9. The predicted molar refractivity (Wildman–Crippen MR) is 77.1 cm³/mol. The van der Waals surface area contributed by atoms with Gasteiger partial charge in [0.2, 0.25) is 0 Å². The molecule has 2 N–H and O–H groups in total. The Morgan fingerprint density at radius 1 is 1.11 bits per heavy atom. The summed E-state index contributed by atoms with van der Waals surface area (Å²) in [6, 6.07) is 10.6. The van der Waals surface area contributed by atoms with Crippen molar-refractivity contribution in [1.82, 2.24) is 15.5 Å². The van der Waals surface area contributed by atoms with E-state index in [0.717, 1.165) is 31.8 Å². The first-order valence-corrected chi connectivity index (χ1v) is 7.17. The van der Waals surface area contributed by atoms with Gasteiger partial charge in [-0.05, 0) is 49.4 Å². The molecule has 1 aromatic heterocycles. The maximum atomic E-state index is 4.24. The van der Waals surface area contributed by atoms with Crippen LogP contribution in [0.1, 0.15) is 29.7 Å². The molecule has 1 aromatic carbocycles. The minimum Gasteiger partial charge on any atom is -0.317 e. The summed E-state index contributed by atoms with van der Waals surface area (Å²) in [7, 11) is 0. The van der Waals surface area contributed by atoms with E-state index < -0.39 is 0 Å². The summed E-state index contributed by atoms with van der Waals surface area (Å²) in [5.41, 5.74) is 4.04. The van der Waals surface area contributed by atoms with Gasteiger partial charge in [0.1, 0.15) is 0 Å². The molecule has 3 nitrogen and oxygen atoms in total. The van der Waals surface area contributed by atoms with Crippen LogP contribution in [0, 0.1) is 5.92 Å². The van der Waals surface area contributed by atoms with E-state index in [9.17, 15) is 0 Å². The molecule has 19 heavy (non-hydrogen) atoms. The van der Waals surface area contributed by atoms with E-state index >= 15 is 0 Å². The van der Waals surface area contributed by atoms with Crippen molar-refractivity contribution in [2.45, 2.75) is 25.7 Å². The van der Waals surface area contributed by atoms with Crippen molar-refractivity contribution in [1.29, 1.82) is 0 Å². The van der Waals surface area contributed by atoms with Crippen LogP contribution in [-0.4, -0.2) is 23.3 Å². The van der Waals surface area contributed by atoms with Crippen molar-refractivity contribution in [2.75, 3.05) is 13.1 Å². The van der Waals surface area contributed by atoms with Gasteiger partial charge in [0.05, 0.1) is 6.20 Å². The average Bonchev–Trinajstić information content (AvgIpc) is 2.88. The Kier molecular flexibility index (Phi) is 3.94. The summed E-state index contributed by atoms with van der Waals surface area (Å²) < 4.78 is 0. The van der Waals surface area contributed by atoms with Crippen LogP contribution in [0.4, 0.5) is 0 Å². The minimum atomic E-state index is 0.802. The fourth-order valence-electron chi connectivity index (χ4n) is 2.86. The second-order valence-electron chi connectivity index (χ2n) is 5.43. The van der Waals surface area contributed by atoms with Crippen LogP contribution >= 0.6 is 0 Å². The molecule has 100 valence electrons. The number of H-pyrrole nitrogens is 1. The number of hydrogen-bond acceptors (Lipinski definition) is 2. The fourth-order valence-corrected chi connectivity index (χ4v) is 2.86. The third kappa shape index (κ3) is 3.24. The Balaban J connectivity index is 1.68. The van der Waals surface area contributed by atoms with E-state index in [-0.39, 0.29) is 0 Å². The Labute approximate surface area is 114 Å². The smallest absolute Gasteiger partial charge is 0.0525 e. The van der Waals surface area contributed by atoms with E-state index in [1.807, 2.05) is 6.20 Å². The highest BCUT2D eigenvalue weighted by atomic mass is 15.1. The van der Waals surface area contributed by atoms with E-state index in [1.54, 1.807) is 0 Å². The van der Waals surface area contributed by atoms with Gasteiger partial charge in [0.25, 0.3) is 0 Å². The van der Waals surface area contributed by atoms with Gasteiger partial charge in [0.15, 0.2) is 0 Å². The summed E-state index contributed by atoms with van der Waals surface area (Å²) in [6.45, 7) is 2.32. The highest BCUT2D eigenvalue weighted by Crippen LogP contribution is 2.20. The lowest BCUT2D eigenvalue weighted by atomic mass is 9.91. The standard InChI is InChI=1S/C16H21N3/c1-2-4-13(5-3-1)10-15-12-18-19-16(15)11-14-6-8-17-9-7-14/h1-5,12,14,17H,6-11H2,(H,18,19). The molecule has 1 fully saturated rings. The highest BCUT2D eigenvalue weighted by molar-refractivity contribution is 5.27. The molecular weight excluding hydrogens is 234 g/mol. The molecule has 0 unspecified atom stereocenters. The molecule has 0 saturated carbocycles. The first kappa shape index (κ1) is 12.4. The van der Waals surface area contributed by atoms with Crippen LogP contribution in [0.15, 0.2) is 36.5 Å². The molecule has 2 aromatic rings. The van der Waals surface area contributed by atoms with Crippen molar-refractivity contribution in [3.8, 4) is 0 Å². The molecular formula is C16H21N3. The quantitative estimate of drug-likeness (QED) is 0.881. The molecule has 1 aliphatic heterocycles. The van der Waals surface area contributed by atoms with Gasteiger partial charge in [-0.15, -0.1) is 0 Å². The van der Waals surface area contributed by atoms with Gasteiger partial charge >= 0.3 is 0 Å². The number of nitrogens with zero attached hydrogens (tertiary/aromatic N) is 1. The van der Waals surface area contributed by atoms with E-state index in [2.05, 4.69) is 45.8 Å². The van der Waals surface area contributed by atoms with Gasteiger partial charge in [-0.3, -0.25) is 5.10 Å². The lowest BCUT2D eigenvalue weighted by Gasteiger charge is -2.22. The molecule has 0 radical (unpaired) electrons. The molecule has 0 spiro atoms. The summed E-state index contributed by atoms with van der Waals surface area (Å²) in [4.78, 5) is 0. The first-order valence-electron chi connectivity index (χ1n) is 7.17. The molecule has 0 aliphatic carbocycles. The molecule has 0 atom stereocenters. The zero-order chi connectivity index (χ0) is 12.9. The minimum absolute atomic E-state index is 0.802. The number of piperidine rings is 1. The fraction of sp³-hybridized carbons (Fsp3) is 0.438. The zero-order valence-corrected chi connectivity index (χ0v) is 11.2. The number of aromatic amines is 1. The van der Waals surface area contributed by atoms with E-state index in [1.165, 1.54) is 29.7 Å². The Bertz CT molecular complexity index is 498. The summed E-state index contributed by atoms with van der Waals surface area (Å²) in [6.07, 6.45) is 6.68. The van der Waals surface area contributed by atoms with Crippen LogP contribution in [0.2, 0.25) is 0 Å². The van der Waals surface area contributed by atoms with Crippen LogP contribution in [0.25, 0.3) is 0 Å². The summed E-state index contributed by atoms with van der Waals surface area (Å²) >= 11 is 0. The van der Waals surface area contributed by atoms with Gasteiger partial charge in [-0.2, -0.15) is 5.10 Å². The monoisotopic (exact) mass is 255 g/mol. The first-order chi connectivity index (χ1) is 9.42. The van der Waals surface area contributed by atoms with Crippen molar-refractivity contribution in [3.05, 3.63) is 53.3 Å². The van der Waals surface area contributed by atoms with Crippen molar-refractivity contribution in [2.24, 2.45) is 5.92 Å². The molecule has 0 amide bonds. The van der Waals surface area contributed by atoms with Crippen molar-refractivity contribution < 1.29 is 0 Å².